The average molecular weight is 342 g/mol. The Balaban J connectivity index is 1.66. The summed E-state index contributed by atoms with van der Waals surface area (Å²) in [5, 5.41) is 0.720. The summed E-state index contributed by atoms with van der Waals surface area (Å²) in [4.78, 5) is 7.20. The van der Waals surface area contributed by atoms with Crippen LogP contribution in [0.2, 0.25) is 5.02 Å². The Labute approximate surface area is 146 Å². The quantitative estimate of drug-likeness (QED) is 0.705. The number of aryl methyl sites for hydroxylation is 1. The highest BCUT2D eigenvalue weighted by molar-refractivity contribution is 6.31. The number of hydrogen-bond acceptors (Lipinski definition) is 3. The number of halogens is 1. The van der Waals surface area contributed by atoms with Crippen molar-refractivity contribution in [3.63, 3.8) is 0 Å². The zero-order chi connectivity index (χ0) is 16.7. The third kappa shape index (κ3) is 2.76. The van der Waals surface area contributed by atoms with Crippen LogP contribution in [0.3, 0.4) is 0 Å². The Morgan fingerprint density at radius 3 is 2.96 bits per heavy atom. The summed E-state index contributed by atoms with van der Waals surface area (Å²) in [5.41, 5.74) is 3.27. The van der Waals surface area contributed by atoms with Crippen molar-refractivity contribution < 1.29 is 4.74 Å². The highest BCUT2D eigenvalue weighted by Gasteiger charge is 2.23. The van der Waals surface area contributed by atoms with Crippen molar-refractivity contribution in [3.05, 3.63) is 58.9 Å². The molecule has 0 aliphatic carbocycles. The minimum Gasteiger partial charge on any atom is -0.492 e. The van der Waals surface area contributed by atoms with E-state index in [0.29, 0.717) is 12.6 Å². The van der Waals surface area contributed by atoms with E-state index >= 15 is 0 Å². The Hall–Kier alpha value is -2.04. The molecule has 0 saturated heterocycles. The maximum atomic E-state index is 6.10. The molecule has 1 aliphatic rings. The van der Waals surface area contributed by atoms with Gasteiger partial charge in [-0.25, -0.2) is 4.98 Å². The average Bonchev–Trinajstić information content (AvgIpc) is 2.78. The van der Waals surface area contributed by atoms with Crippen LogP contribution in [0.15, 0.2) is 42.5 Å². The fourth-order valence-corrected chi connectivity index (χ4v) is 3.39. The predicted octanol–water partition coefficient (Wildman–Crippen LogP) is 4.01. The summed E-state index contributed by atoms with van der Waals surface area (Å²) in [7, 11) is 2.06. The second-order valence-corrected chi connectivity index (χ2v) is 6.83. The molecule has 3 aromatic rings. The van der Waals surface area contributed by atoms with Crippen molar-refractivity contribution in [3.8, 4) is 5.75 Å². The molecular formula is C19H20ClN3O. The molecule has 0 spiro atoms. The minimum absolute atomic E-state index is 0.320. The second kappa shape index (κ2) is 6.11. The maximum absolute atomic E-state index is 6.10. The van der Waals surface area contributed by atoms with Crippen LogP contribution < -0.4 is 4.74 Å². The van der Waals surface area contributed by atoms with Crippen LogP contribution in [0.25, 0.3) is 11.0 Å². The molecule has 0 bridgehead atoms. The first-order chi connectivity index (χ1) is 11.6. The van der Waals surface area contributed by atoms with Crippen LogP contribution in [0.1, 0.15) is 18.3 Å². The predicted molar refractivity (Wildman–Crippen MR) is 96.4 cm³/mol. The van der Waals surface area contributed by atoms with Crippen LogP contribution >= 0.6 is 11.6 Å². The SMILES string of the molecule is C[C@H]1COc2ccccc2CN1Cc1nc2cc(Cl)ccc2n1C. The number of para-hydroxylation sites is 1. The highest BCUT2D eigenvalue weighted by Crippen LogP contribution is 2.26. The topological polar surface area (TPSA) is 30.3 Å². The molecule has 1 aliphatic heterocycles. The van der Waals surface area contributed by atoms with E-state index in [1.807, 2.05) is 30.3 Å². The summed E-state index contributed by atoms with van der Waals surface area (Å²) < 4.78 is 8.10. The molecule has 5 heteroatoms. The lowest BCUT2D eigenvalue weighted by Gasteiger charge is -2.25. The summed E-state index contributed by atoms with van der Waals surface area (Å²) in [6, 6.07) is 14.4. The van der Waals surface area contributed by atoms with Gasteiger partial charge in [0.1, 0.15) is 18.2 Å². The number of nitrogens with zero attached hydrogens (tertiary/aromatic N) is 3. The Kier molecular flexibility index (Phi) is 3.94. The van der Waals surface area contributed by atoms with Gasteiger partial charge in [0.2, 0.25) is 0 Å². The molecule has 4 nitrogen and oxygen atoms in total. The molecule has 0 radical (unpaired) electrons. The van der Waals surface area contributed by atoms with Crippen molar-refractivity contribution in [1.82, 2.24) is 14.5 Å². The molecule has 0 unspecified atom stereocenters. The fraction of sp³-hybridized carbons (Fsp3) is 0.316. The minimum atomic E-state index is 0.320. The van der Waals surface area contributed by atoms with E-state index in [4.69, 9.17) is 21.3 Å². The summed E-state index contributed by atoms with van der Waals surface area (Å²) >= 11 is 6.10. The van der Waals surface area contributed by atoms with Crippen LogP contribution in [0.4, 0.5) is 0 Å². The first-order valence-corrected chi connectivity index (χ1v) is 8.55. The smallest absolute Gasteiger partial charge is 0.123 e. The molecule has 4 rings (SSSR count). The van der Waals surface area contributed by atoms with E-state index in [0.717, 1.165) is 40.7 Å². The van der Waals surface area contributed by atoms with Gasteiger partial charge >= 0.3 is 0 Å². The van der Waals surface area contributed by atoms with Gasteiger partial charge in [0, 0.05) is 30.2 Å². The van der Waals surface area contributed by atoms with Gasteiger partial charge in [-0.15, -0.1) is 0 Å². The van der Waals surface area contributed by atoms with Crippen molar-refractivity contribution in [2.45, 2.75) is 26.1 Å². The summed E-state index contributed by atoms with van der Waals surface area (Å²) in [6.07, 6.45) is 0. The Morgan fingerprint density at radius 2 is 2.08 bits per heavy atom. The molecule has 24 heavy (non-hydrogen) atoms. The number of hydrogen-bond donors (Lipinski definition) is 0. The number of benzene rings is 2. The first kappa shape index (κ1) is 15.5. The van der Waals surface area contributed by atoms with E-state index < -0.39 is 0 Å². The molecule has 2 aromatic carbocycles. The third-order valence-corrected chi connectivity index (χ3v) is 4.96. The number of imidazole rings is 1. The fourth-order valence-electron chi connectivity index (χ4n) is 3.22. The van der Waals surface area contributed by atoms with Gasteiger partial charge in [-0.2, -0.15) is 0 Å². The van der Waals surface area contributed by atoms with E-state index in [-0.39, 0.29) is 0 Å². The monoisotopic (exact) mass is 341 g/mol. The van der Waals surface area contributed by atoms with Gasteiger partial charge in [-0.05, 0) is 31.2 Å². The second-order valence-electron chi connectivity index (χ2n) is 6.39. The van der Waals surface area contributed by atoms with Gasteiger partial charge in [0.25, 0.3) is 0 Å². The third-order valence-electron chi connectivity index (χ3n) is 4.73. The lowest BCUT2D eigenvalue weighted by molar-refractivity contribution is 0.147. The number of ether oxygens (including phenoxy) is 1. The number of rotatable bonds is 2. The molecule has 0 saturated carbocycles. The van der Waals surface area contributed by atoms with Crippen LogP contribution in [0.5, 0.6) is 5.75 Å². The van der Waals surface area contributed by atoms with Gasteiger partial charge in [0.05, 0.1) is 17.6 Å². The molecule has 0 N–H and O–H groups in total. The zero-order valence-corrected chi connectivity index (χ0v) is 14.6. The highest BCUT2D eigenvalue weighted by atomic mass is 35.5. The summed E-state index contributed by atoms with van der Waals surface area (Å²) in [6.45, 7) is 4.53. The zero-order valence-electron chi connectivity index (χ0n) is 13.9. The molecule has 124 valence electrons. The van der Waals surface area contributed by atoms with Gasteiger partial charge in [-0.1, -0.05) is 29.8 Å². The number of fused-ring (bicyclic) bond motifs is 2. The van der Waals surface area contributed by atoms with Gasteiger partial charge in [-0.3, -0.25) is 4.90 Å². The standard InChI is InChI=1S/C19H20ClN3O/c1-13-12-24-18-6-4-3-5-14(18)10-23(13)11-19-21-16-9-15(20)7-8-17(16)22(19)2/h3-9,13H,10-12H2,1-2H3/t13-/m0/s1. The molecular weight excluding hydrogens is 322 g/mol. The van der Waals surface area contributed by atoms with Crippen LogP contribution in [0, 0.1) is 0 Å². The number of aromatic nitrogens is 2. The molecule has 0 amide bonds. The molecule has 1 atom stereocenters. The van der Waals surface area contributed by atoms with E-state index in [1.165, 1.54) is 5.56 Å². The normalized spacial score (nSPS) is 18.2. The summed E-state index contributed by atoms with van der Waals surface area (Å²) in [5.74, 6) is 2.03. The maximum Gasteiger partial charge on any atom is 0.123 e. The molecule has 1 aromatic heterocycles. The van der Waals surface area contributed by atoms with E-state index in [2.05, 4.69) is 35.6 Å². The van der Waals surface area contributed by atoms with Crippen LogP contribution in [-0.2, 0) is 20.1 Å². The largest absolute Gasteiger partial charge is 0.492 e. The van der Waals surface area contributed by atoms with Crippen molar-refractivity contribution >= 4 is 22.6 Å². The van der Waals surface area contributed by atoms with Crippen molar-refractivity contribution in [2.24, 2.45) is 7.05 Å². The van der Waals surface area contributed by atoms with Crippen molar-refractivity contribution in [1.29, 1.82) is 0 Å². The lowest BCUT2D eigenvalue weighted by atomic mass is 10.2. The Morgan fingerprint density at radius 1 is 1.25 bits per heavy atom. The van der Waals surface area contributed by atoms with Crippen LogP contribution in [-0.4, -0.2) is 27.1 Å². The van der Waals surface area contributed by atoms with E-state index in [1.54, 1.807) is 0 Å². The van der Waals surface area contributed by atoms with E-state index in [9.17, 15) is 0 Å². The molecule has 0 fully saturated rings. The van der Waals surface area contributed by atoms with Gasteiger partial charge in [0.15, 0.2) is 0 Å². The van der Waals surface area contributed by atoms with Gasteiger partial charge < -0.3 is 9.30 Å². The molecule has 2 heterocycles. The lowest BCUT2D eigenvalue weighted by Crippen LogP contribution is -2.35. The first-order valence-electron chi connectivity index (χ1n) is 8.17. The Bertz CT molecular complexity index is 889. The van der Waals surface area contributed by atoms with Crippen molar-refractivity contribution in [2.75, 3.05) is 6.61 Å².